The Morgan fingerprint density at radius 2 is 1.92 bits per heavy atom. The van der Waals surface area contributed by atoms with Crippen LogP contribution < -0.4 is 0 Å². The maximum Gasteiger partial charge on any atom is 0.333 e. The molecule has 0 radical (unpaired) electrons. The first-order valence-electron chi connectivity index (χ1n) is 8.80. The van der Waals surface area contributed by atoms with Crippen LogP contribution in [0.5, 0.6) is 0 Å². The normalized spacial score (nSPS) is 32.7. The quantitative estimate of drug-likeness (QED) is 0.554. The molecule has 0 aromatic carbocycles. The predicted octanol–water partition coefficient (Wildman–Crippen LogP) is 2.50. The molecule has 26 heavy (non-hydrogen) atoms. The van der Waals surface area contributed by atoms with Gasteiger partial charge in [-0.05, 0) is 26.2 Å². The smallest absolute Gasteiger partial charge is 0.333 e. The zero-order valence-electron chi connectivity index (χ0n) is 15.6. The lowest BCUT2D eigenvalue weighted by molar-refractivity contribution is -0.138. The van der Waals surface area contributed by atoms with Gasteiger partial charge in [-0.1, -0.05) is 18.2 Å². The number of hydrogen-bond donors (Lipinski definition) is 0. The van der Waals surface area contributed by atoms with Gasteiger partial charge in [0.1, 0.15) is 17.7 Å². The highest BCUT2D eigenvalue weighted by molar-refractivity contribution is 5.97. The molecule has 0 spiro atoms. The first-order valence-corrected chi connectivity index (χ1v) is 8.80. The minimum atomic E-state index is -0.928. The molecule has 0 saturated carbocycles. The summed E-state index contributed by atoms with van der Waals surface area (Å²) < 4.78 is 10.6. The number of ether oxygens (including phenoxy) is 2. The summed E-state index contributed by atoms with van der Waals surface area (Å²) in [6.07, 6.45) is 1.55. The molecule has 0 N–H and O–H groups in total. The fourth-order valence-corrected chi connectivity index (χ4v) is 3.55. The first-order chi connectivity index (χ1) is 12.1. The fourth-order valence-electron chi connectivity index (χ4n) is 3.55. The highest BCUT2D eigenvalue weighted by Crippen LogP contribution is 2.34. The summed E-state index contributed by atoms with van der Waals surface area (Å²) in [5, 5.41) is 0. The number of carbonyl (C=O) groups is 4. The average Bonchev–Trinajstić information content (AvgIpc) is 2.81. The van der Waals surface area contributed by atoms with Crippen molar-refractivity contribution in [3.05, 3.63) is 23.8 Å². The second-order valence-electron chi connectivity index (χ2n) is 7.54. The lowest BCUT2D eigenvalue weighted by atomic mass is 9.87. The molecule has 142 valence electrons. The Labute approximate surface area is 153 Å². The van der Waals surface area contributed by atoms with Crippen LogP contribution in [0.15, 0.2) is 23.8 Å². The largest absolute Gasteiger partial charge is 0.466 e. The molecule has 2 aliphatic heterocycles. The number of rotatable bonds is 2. The fraction of sp³-hybridized carbons (Fsp3) is 0.600. The lowest BCUT2D eigenvalue weighted by Crippen LogP contribution is -2.29. The number of hydrogen-bond acceptors (Lipinski definition) is 6. The van der Waals surface area contributed by atoms with Crippen molar-refractivity contribution >= 4 is 23.3 Å². The van der Waals surface area contributed by atoms with Gasteiger partial charge in [-0.25, -0.2) is 4.79 Å². The molecular formula is C20H26O6. The van der Waals surface area contributed by atoms with Crippen LogP contribution in [0.25, 0.3) is 0 Å². The van der Waals surface area contributed by atoms with E-state index in [2.05, 4.69) is 6.58 Å². The zero-order valence-corrected chi connectivity index (χ0v) is 15.6. The Hall–Kier alpha value is -2.08. The zero-order chi connectivity index (χ0) is 19.5. The van der Waals surface area contributed by atoms with Crippen molar-refractivity contribution in [2.75, 3.05) is 7.11 Å². The van der Waals surface area contributed by atoms with E-state index in [9.17, 15) is 19.2 Å². The Morgan fingerprint density at radius 1 is 1.23 bits per heavy atom. The number of Topliss-reactive ketones (excluding diaryl/α,β-unsaturated/α-hetero) is 3. The van der Waals surface area contributed by atoms with Gasteiger partial charge in [0.15, 0.2) is 5.78 Å². The van der Waals surface area contributed by atoms with E-state index in [-0.39, 0.29) is 60.9 Å². The maximum absolute atomic E-state index is 12.5. The number of ketones is 3. The third-order valence-corrected chi connectivity index (χ3v) is 4.97. The summed E-state index contributed by atoms with van der Waals surface area (Å²) in [6, 6.07) is 0. The van der Waals surface area contributed by atoms with Gasteiger partial charge >= 0.3 is 5.97 Å². The molecule has 3 atom stereocenters. The average molecular weight is 362 g/mol. The van der Waals surface area contributed by atoms with Gasteiger partial charge in [0, 0.05) is 37.7 Å². The third kappa shape index (κ3) is 4.97. The highest BCUT2D eigenvalue weighted by Gasteiger charge is 2.44. The number of carbonyl (C=O) groups excluding carboxylic acids is 4. The first kappa shape index (κ1) is 20.2. The molecule has 0 aromatic rings. The van der Waals surface area contributed by atoms with E-state index in [1.165, 1.54) is 7.11 Å². The van der Waals surface area contributed by atoms with E-state index < -0.39 is 17.7 Å². The van der Waals surface area contributed by atoms with E-state index in [0.717, 1.165) is 5.57 Å². The molecule has 2 heterocycles. The van der Waals surface area contributed by atoms with Crippen molar-refractivity contribution in [2.24, 2.45) is 5.92 Å². The van der Waals surface area contributed by atoms with Crippen LogP contribution in [-0.4, -0.2) is 42.1 Å². The molecule has 2 bridgehead atoms. The van der Waals surface area contributed by atoms with E-state index in [1.807, 2.05) is 6.92 Å². The predicted molar refractivity (Wildman–Crippen MR) is 94.4 cm³/mol. The number of methoxy groups -OCH3 is 1. The Balaban J connectivity index is 2.34. The number of esters is 1. The summed E-state index contributed by atoms with van der Waals surface area (Å²) in [6.45, 7) is 7.44. The van der Waals surface area contributed by atoms with Crippen LogP contribution in [-0.2, 0) is 28.7 Å². The van der Waals surface area contributed by atoms with Gasteiger partial charge in [0.25, 0.3) is 0 Å². The molecule has 1 fully saturated rings. The van der Waals surface area contributed by atoms with Crippen LogP contribution in [0, 0.1) is 5.92 Å². The summed E-state index contributed by atoms with van der Waals surface area (Å²) in [7, 11) is 1.26. The van der Waals surface area contributed by atoms with Crippen molar-refractivity contribution in [1.82, 2.24) is 0 Å². The lowest BCUT2D eigenvalue weighted by Gasteiger charge is -2.23. The van der Waals surface area contributed by atoms with Gasteiger partial charge in [-0.2, -0.15) is 0 Å². The van der Waals surface area contributed by atoms with Gasteiger partial charge in [-0.15, -0.1) is 0 Å². The van der Waals surface area contributed by atoms with Gasteiger partial charge < -0.3 is 9.47 Å². The van der Waals surface area contributed by atoms with Crippen molar-refractivity contribution < 1.29 is 28.7 Å². The molecule has 2 rings (SSSR count). The van der Waals surface area contributed by atoms with Gasteiger partial charge in [0.2, 0.25) is 0 Å². The Kier molecular flexibility index (Phi) is 6.29. The van der Waals surface area contributed by atoms with Crippen LogP contribution in [0.3, 0.4) is 0 Å². The highest BCUT2D eigenvalue weighted by atomic mass is 16.5. The second kappa shape index (κ2) is 8.08. The molecular weight excluding hydrogens is 336 g/mol. The molecule has 6 heteroatoms. The summed E-state index contributed by atoms with van der Waals surface area (Å²) >= 11 is 0. The summed E-state index contributed by atoms with van der Waals surface area (Å²) in [4.78, 5) is 49.1. The molecule has 6 nitrogen and oxygen atoms in total. The van der Waals surface area contributed by atoms with Crippen molar-refractivity contribution in [3.63, 3.8) is 0 Å². The van der Waals surface area contributed by atoms with Crippen LogP contribution in [0.4, 0.5) is 0 Å². The van der Waals surface area contributed by atoms with Gasteiger partial charge in [0.05, 0.1) is 12.7 Å². The maximum atomic E-state index is 12.5. The minimum absolute atomic E-state index is 0.0139. The Bertz CT molecular complexity index is 674. The third-order valence-electron chi connectivity index (χ3n) is 4.97. The van der Waals surface area contributed by atoms with Gasteiger partial charge in [-0.3, -0.25) is 14.4 Å². The summed E-state index contributed by atoms with van der Waals surface area (Å²) in [5.41, 5.74) is 0.144. The SMILES string of the molecule is C=C(C)[C@H]1C/C=C(\C(=O)OC)CC(=O)CC2(C)CC(=O)[C@@H](CC(=O)C1)O2. The van der Waals surface area contributed by atoms with Crippen LogP contribution >= 0.6 is 0 Å². The molecule has 0 aromatic heterocycles. The Morgan fingerprint density at radius 3 is 2.54 bits per heavy atom. The standard InChI is InChI=1S/C20H26O6/c1-12(2)13-5-6-14(19(24)25-4)8-16(22)10-20(3)11-17(23)18(26-20)9-15(21)7-13/h6,13,18H,1,5,7-11H2,2-4H3/b14-6-/t13-,18+,20?/m0/s1. The number of allylic oxidation sites excluding steroid dienone is 2. The van der Waals surface area contributed by atoms with E-state index in [4.69, 9.17) is 9.47 Å². The second-order valence-corrected chi connectivity index (χ2v) is 7.54. The monoisotopic (exact) mass is 362 g/mol. The molecule has 0 amide bonds. The van der Waals surface area contributed by atoms with E-state index >= 15 is 0 Å². The van der Waals surface area contributed by atoms with Crippen LogP contribution in [0.1, 0.15) is 52.4 Å². The van der Waals surface area contributed by atoms with Crippen molar-refractivity contribution in [1.29, 1.82) is 0 Å². The molecule has 0 aliphatic carbocycles. The topological polar surface area (TPSA) is 86.7 Å². The van der Waals surface area contributed by atoms with Crippen LogP contribution in [0.2, 0.25) is 0 Å². The molecule has 2 aliphatic rings. The molecule has 1 unspecified atom stereocenters. The molecule has 1 saturated heterocycles. The summed E-state index contributed by atoms with van der Waals surface area (Å²) in [5.74, 6) is -1.16. The van der Waals surface area contributed by atoms with E-state index in [0.29, 0.717) is 6.42 Å². The van der Waals surface area contributed by atoms with Crippen molar-refractivity contribution in [2.45, 2.75) is 64.1 Å². The van der Waals surface area contributed by atoms with E-state index in [1.54, 1.807) is 13.0 Å². The number of fused-ring (bicyclic) bond motifs is 2. The minimum Gasteiger partial charge on any atom is -0.466 e. The van der Waals surface area contributed by atoms with Crippen molar-refractivity contribution in [3.8, 4) is 0 Å².